The molecule has 1 aromatic heterocycles. The Morgan fingerprint density at radius 2 is 1.50 bits per heavy atom. The molecule has 2 aromatic rings. The van der Waals surface area contributed by atoms with Crippen LogP contribution in [-0.4, -0.2) is 54.2 Å². The van der Waals surface area contributed by atoms with Gasteiger partial charge >= 0.3 is 6.36 Å². The molecule has 1 aliphatic rings. The van der Waals surface area contributed by atoms with Crippen molar-refractivity contribution in [2.45, 2.75) is 6.36 Å². The minimum Gasteiger partial charge on any atom is -0.406 e. The van der Waals surface area contributed by atoms with Crippen LogP contribution in [0.1, 0.15) is 20.0 Å². The van der Waals surface area contributed by atoms with Gasteiger partial charge in [0, 0.05) is 31.7 Å². The molecular formula is C17H15F3N2O3S. The molecule has 9 heteroatoms. The fraction of sp³-hybridized carbons (Fsp3) is 0.294. The smallest absolute Gasteiger partial charge is 0.406 e. The predicted octanol–water partition coefficient (Wildman–Crippen LogP) is 3.24. The molecule has 0 saturated carbocycles. The van der Waals surface area contributed by atoms with Crippen LogP contribution in [0.4, 0.5) is 13.2 Å². The van der Waals surface area contributed by atoms with E-state index in [4.69, 9.17) is 0 Å². The Morgan fingerprint density at radius 1 is 0.923 bits per heavy atom. The highest BCUT2D eigenvalue weighted by Crippen LogP contribution is 2.23. The second-order valence-corrected chi connectivity index (χ2v) is 6.58. The van der Waals surface area contributed by atoms with Gasteiger partial charge in [0.05, 0.1) is 4.88 Å². The van der Waals surface area contributed by atoms with Crippen LogP contribution in [0.25, 0.3) is 0 Å². The molecule has 26 heavy (non-hydrogen) atoms. The van der Waals surface area contributed by atoms with Gasteiger partial charge in [0.25, 0.3) is 11.8 Å². The van der Waals surface area contributed by atoms with Crippen LogP contribution < -0.4 is 4.74 Å². The fourth-order valence-corrected chi connectivity index (χ4v) is 3.34. The molecule has 0 bridgehead atoms. The molecule has 0 unspecified atom stereocenters. The van der Waals surface area contributed by atoms with E-state index in [2.05, 4.69) is 4.74 Å². The van der Waals surface area contributed by atoms with Crippen molar-refractivity contribution < 1.29 is 27.5 Å². The number of piperazine rings is 1. The zero-order valence-electron chi connectivity index (χ0n) is 13.5. The standard InChI is InChI=1S/C17H15F3N2O3S/c18-17(19,20)25-13-5-3-12(4-6-13)15(23)21-7-9-22(10-8-21)16(24)14-2-1-11-26-14/h1-6,11H,7-10H2. The maximum Gasteiger partial charge on any atom is 0.573 e. The van der Waals surface area contributed by atoms with E-state index in [0.29, 0.717) is 31.1 Å². The summed E-state index contributed by atoms with van der Waals surface area (Å²) in [5.74, 6) is -0.715. The van der Waals surface area contributed by atoms with Crippen molar-refractivity contribution in [1.82, 2.24) is 9.80 Å². The molecule has 2 amide bonds. The quantitative estimate of drug-likeness (QED) is 0.816. The summed E-state index contributed by atoms with van der Waals surface area (Å²) < 4.78 is 40.3. The molecule has 1 aromatic carbocycles. The number of hydrogen-bond acceptors (Lipinski definition) is 4. The Bertz CT molecular complexity index is 768. The lowest BCUT2D eigenvalue weighted by molar-refractivity contribution is -0.274. The number of benzene rings is 1. The first-order chi connectivity index (χ1) is 12.3. The predicted molar refractivity (Wildman–Crippen MR) is 89.3 cm³/mol. The number of carbonyl (C=O) groups is 2. The SMILES string of the molecule is O=C(c1ccc(OC(F)(F)F)cc1)N1CCN(C(=O)c2cccs2)CC1. The van der Waals surface area contributed by atoms with Crippen molar-refractivity contribution in [1.29, 1.82) is 0 Å². The summed E-state index contributed by atoms with van der Waals surface area (Å²) in [4.78, 5) is 28.7. The zero-order chi connectivity index (χ0) is 18.7. The van der Waals surface area contributed by atoms with Gasteiger partial charge in [0.1, 0.15) is 5.75 Å². The second-order valence-electron chi connectivity index (χ2n) is 5.63. The van der Waals surface area contributed by atoms with Crippen LogP contribution >= 0.6 is 11.3 Å². The molecule has 5 nitrogen and oxygen atoms in total. The van der Waals surface area contributed by atoms with Crippen LogP contribution in [0.3, 0.4) is 0 Å². The van der Waals surface area contributed by atoms with Gasteiger partial charge < -0.3 is 14.5 Å². The van der Waals surface area contributed by atoms with E-state index in [-0.39, 0.29) is 23.1 Å². The number of thiophene rings is 1. The molecule has 3 rings (SSSR count). The van der Waals surface area contributed by atoms with Gasteiger partial charge in [-0.15, -0.1) is 24.5 Å². The van der Waals surface area contributed by atoms with E-state index in [1.807, 2.05) is 11.4 Å². The Balaban J connectivity index is 1.57. The minimum atomic E-state index is -4.77. The number of hydrogen-bond donors (Lipinski definition) is 0. The molecule has 138 valence electrons. The minimum absolute atomic E-state index is 0.0549. The van der Waals surface area contributed by atoms with E-state index in [1.165, 1.54) is 23.5 Å². The van der Waals surface area contributed by atoms with Crippen molar-refractivity contribution >= 4 is 23.2 Å². The summed E-state index contributed by atoms with van der Waals surface area (Å²) in [6, 6.07) is 8.38. The average molecular weight is 384 g/mol. The summed E-state index contributed by atoms with van der Waals surface area (Å²) in [5, 5.41) is 1.83. The third-order valence-electron chi connectivity index (χ3n) is 3.92. The maximum absolute atomic E-state index is 12.5. The lowest BCUT2D eigenvalue weighted by atomic mass is 10.1. The highest BCUT2D eigenvalue weighted by Gasteiger charge is 2.31. The molecule has 1 saturated heterocycles. The zero-order valence-corrected chi connectivity index (χ0v) is 14.3. The average Bonchev–Trinajstić information content (AvgIpc) is 3.14. The first-order valence-electron chi connectivity index (χ1n) is 7.81. The fourth-order valence-electron chi connectivity index (χ4n) is 2.65. The first-order valence-corrected chi connectivity index (χ1v) is 8.69. The molecule has 0 radical (unpaired) electrons. The highest BCUT2D eigenvalue weighted by atomic mass is 32.1. The maximum atomic E-state index is 12.5. The number of alkyl halides is 3. The Hall–Kier alpha value is -2.55. The van der Waals surface area contributed by atoms with Gasteiger partial charge in [0.2, 0.25) is 0 Å². The third kappa shape index (κ3) is 4.34. The van der Waals surface area contributed by atoms with Crippen molar-refractivity contribution in [3.05, 3.63) is 52.2 Å². The third-order valence-corrected chi connectivity index (χ3v) is 4.78. The highest BCUT2D eigenvalue weighted by molar-refractivity contribution is 7.12. The molecule has 2 heterocycles. The molecule has 0 aliphatic carbocycles. The Labute approximate surface area is 151 Å². The van der Waals surface area contributed by atoms with Gasteiger partial charge in [-0.05, 0) is 35.7 Å². The van der Waals surface area contributed by atoms with Crippen LogP contribution in [0.15, 0.2) is 41.8 Å². The number of halogens is 3. The van der Waals surface area contributed by atoms with Crippen LogP contribution in [0, 0.1) is 0 Å². The van der Waals surface area contributed by atoms with Gasteiger partial charge in [-0.1, -0.05) is 6.07 Å². The summed E-state index contributed by atoms with van der Waals surface area (Å²) in [6.07, 6.45) is -4.77. The van der Waals surface area contributed by atoms with Gasteiger partial charge in [-0.3, -0.25) is 9.59 Å². The number of carbonyl (C=O) groups excluding carboxylic acids is 2. The number of nitrogens with zero attached hydrogens (tertiary/aromatic N) is 2. The summed E-state index contributed by atoms with van der Waals surface area (Å²) >= 11 is 1.37. The summed E-state index contributed by atoms with van der Waals surface area (Å²) in [7, 11) is 0. The topological polar surface area (TPSA) is 49.9 Å². The molecular weight excluding hydrogens is 369 g/mol. The number of rotatable bonds is 3. The van der Waals surface area contributed by atoms with Crippen molar-refractivity contribution in [3.63, 3.8) is 0 Å². The van der Waals surface area contributed by atoms with E-state index in [0.717, 1.165) is 12.1 Å². The van der Waals surface area contributed by atoms with E-state index < -0.39 is 6.36 Å². The molecule has 0 N–H and O–H groups in total. The second kappa shape index (κ2) is 7.36. The lowest BCUT2D eigenvalue weighted by Gasteiger charge is -2.34. The van der Waals surface area contributed by atoms with Gasteiger partial charge in [-0.2, -0.15) is 0 Å². The van der Waals surface area contributed by atoms with E-state index in [9.17, 15) is 22.8 Å². The van der Waals surface area contributed by atoms with Gasteiger partial charge in [-0.25, -0.2) is 0 Å². The van der Waals surface area contributed by atoms with Crippen LogP contribution in [0.2, 0.25) is 0 Å². The molecule has 0 atom stereocenters. The monoisotopic (exact) mass is 384 g/mol. The number of ether oxygens (including phenoxy) is 1. The van der Waals surface area contributed by atoms with E-state index in [1.54, 1.807) is 15.9 Å². The molecule has 1 fully saturated rings. The number of amides is 2. The molecule has 0 spiro atoms. The Morgan fingerprint density at radius 3 is 2.00 bits per heavy atom. The largest absolute Gasteiger partial charge is 0.573 e. The van der Waals surface area contributed by atoms with Crippen LogP contribution in [0.5, 0.6) is 5.75 Å². The van der Waals surface area contributed by atoms with Crippen molar-refractivity contribution in [2.24, 2.45) is 0 Å². The van der Waals surface area contributed by atoms with Crippen molar-refractivity contribution in [3.8, 4) is 5.75 Å². The van der Waals surface area contributed by atoms with Gasteiger partial charge in [0.15, 0.2) is 0 Å². The normalized spacial score (nSPS) is 15.0. The van der Waals surface area contributed by atoms with Crippen molar-refractivity contribution in [2.75, 3.05) is 26.2 Å². The Kier molecular flexibility index (Phi) is 5.17. The van der Waals surface area contributed by atoms with Crippen LogP contribution in [-0.2, 0) is 0 Å². The lowest BCUT2D eigenvalue weighted by Crippen LogP contribution is -2.50. The van der Waals surface area contributed by atoms with E-state index >= 15 is 0 Å². The summed E-state index contributed by atoms with van der Waals surface area (Å²) in [5.41, 5.74) is 0.276. The first kappa shape index (κ1) is 18.2. The molecule has 1 aliphatic heterocycles. The summed E-state index contributed by atoms with van der Waals surface area (Å²) in [6.45, 7) is 1.57.